The van der Waals surface area contributed by atoms with Crippen molar-refractivity contribution in [2.75, 3.05) is 13.1 Å². The average Bonchev–Trinajstić information content (AvgIpc) is 2.65. The SMILES string of the molecule is Cc1ccc(S(=O)(=O)N2C/C(=C/Br)[C@@](C)(O)C2)cc1. The van der Waals surface area contributed by atoms with Crippen molar-refractivity contribution in [1.82, 2.24) is 4.31 Å². The molecule has 0 unspecified atom stereocenters. The minimum atomic E-state index is -3.56. The van der Waals surface area contributed by atoms with Gasteiger partial charge >= 0.3 is 0 Å². The van der Waals surface area contributed by atoms with E-state index >= 15 is 0 Å². The first kappa shape index (κ1) is 14.7. The van der Waals surface area contributed by atoms with E-state index in [2.05, 4.69) is 15.9 Å². The molecule has 0 radical (unpaired) electrons. The molecule has 1 aromatic rings. The van der Waals surface area contributed by atoms with Gasteiger partial charge in [-0.15, -0.1) is 0 Å². The summed E-state index contributed by atoms with van der Waals surface area (Å²) in [5.74, 6) is 0. The van der Waals surface area contributed by atoms with Crippen molar-refractivity contribution in [3.05, 3.63) is 40.4 Å². The van der Waals surface area contributed by atoms with Crippen LogP contribution in [0.4, 0.5) is 0 Å². The molecule has 1 aliphatic rings. The third-order valence-electron chi connectivity index (χ3n) is 3.31. The fourth-order valence-corrected chi connectivity index (χ4v) is 4.19. The second-order valence-electron chi connectivity index (χ2n) is 4.99. The molecule has 1 N–H and O–H groups in total. The minimum absolute atomic E-state index is 0.0701. The van der Waals surface area contributed by atoms with E-state index in [1.54, 1.807) is 36.2 Å². The largest absolute Gasteiger partial charge is 0.384 e. The zero-order valence-electron chi connectivity index (χ0n) is 10.8. The van der Waals surface area contributed by atoms with Crippen molar-refractivity contribution in [3.8, 4) is 0 Å². The Morgan fingerprint density at radius 2 is 1.95 bits per heavy atom. The van der Waals surface area contributed by atoms with Gasteiger partial charge in [0.1, 0.15) is 0 Å². The van der Waals surface area contributed by atoms with Crippen molar-refractivity contribution in [2.45, 2.75) is 24.3 Å². The van der Waals surface area contributed by atoms with Crippen molar-refractivity contribution in [1.29, 1.82) is 0 Å². The Morgan fingerprint density at radius 1 is 1.37 bits per heavy atom. The number of β-amino-alcohol motifs (C(OH)–C–C–N with tert-alkyl or cyclic N) is 1. The number of sulfonamides is 1. The second kappa shape index (κ2) is 5.01. The lowest BCUT2D eigenvalue weighted by Gasteiger charge is -2.19. The number of aryl methyl sites for hydroxylation is 1. The third-order valence-corrected chi connectivity index (χ3v) is 5.67. The van der Waals surface area contributed by atoms with Crippen LogP contribution in [0.3, 0.4) is 0 Å². The fraction of sp³-hybridized carbons (Fsp3) is 0.385. The first-order valence-electron chi connectivity index (χ1n) is 5.86. The van der Waals surface area contributed by atoms with E-state index < -0.39 is 15.6 Å². The Balaban J connectivity index is 2.35. The summed E-state index contributed by atoms with van der Waals surface area (Å²) < 4.78 is 26.2. The number of hydrogen-bond acceptors (Lipinski definition) is 3. The number of rotatable bonds is 2. The molecule has 0 saturated carbocycles. The van der Waals surface area contributed by atoms with Gasteiger partial charge in [0, 0.05) is 13.1 Å². The van der Waals surface area contributed by atoms with Crippen LogP contribution in [-0.4, -0.2) is 36.5 Å². The van der Waals surface area contributed by atoms with Crippen molar-refractivity contribution in [2.24, 2.45) is 0 Å². The van der Waals surface area contributed by atoms with Gasteiger partial charge in [-0.3, -0.25) is 0 Å². The van der Waals surface area contributed by atoms with Crippen LogP contribution in [0.25, 0.3) is 0 Å². The summed E-state index contributed by atoms with van der Waals surface area (Å²) in [5.41, 5.74) is 0.540. The monoisotopic (exact) mass is 345 g/mol. The molecule has 0 spiro atoms. The van der Waals surface area contributed by atoms with E-state index in [1.165, 1.54) is 4.31 Å². The van der Waals surface area contributed by atoms with Crippen molar-refractivity contribution >= 4 is 26.0 Å². The maximum absolute atomic E-state index is 12.5. The standard InChI is InChI=1S/C13H16BrNO3S/c1-10-3-5-12(6-4-10)19(17,18)15-8-11(7-14)13(2,16)9-15/h3-7,16H,8-9H2,1-2H3/b11-7-/t13-/m0/s1. The summed E-state index contributed by atoms with van der Waals surface area (Å²) in [6, 6.07) is 6.72. The van der Waals surface area contributed by atoms with Crippen LogP contribution in [0.5, 0.6) is 0 Å². The molecule has 0 amide bonds. The Morgan fingerprint density at radius 3 is 2.42 bits per heavy atom. The summed E-state index contributed by atoms with van der Waals surface area (Å²) in [6.07, 6.45) is 0. The number of nitrogens with zero attached hydrogens (tertiary/aromatic N) is 1. The Hall–Kier alpha value is -0.690. The van der Waals surface area contributed by atoms with Gasteiger partial charge in [0.15, 0.2) is 0 Å². The van der Waals surface area contributed by atoms with Gasteiger partial charge in [0.05, 0.1) is 10.5 Å². The number of benzene rings is 1. The molecule has 19 heavy (non-hydrogen) atoms. The normalized spacial score (nSPS) is 27.1. The second-order valence-corrected chi connectivity index (χ2v) is 7.39. The lowest BCUT2D eigenvalue weighted by Crippen LogP contribution is -2.34. The minimum Gasteiger partial charge on any atom is -0.384 e. The molecule has 1 saturated heterocycles. The van der Waals surface area contributed by atoms with Crippen LogP contribution in [-0.2, 0) is 10.0 Å². The zero-order chi connectivity index (χ0) is 14.3. The van der Waals surface area contributed by atoms with Crippen molar-refractivity contribution in [3.63, 3.8) is 0 Å². The van der Waals surface area contributed by atoms with Crippen molar-refractivity contribution < 1.29 is 13.5 Å². The fourth-order valence-electron chi connectivity index (χ4n) is 2.04. The maximum atomic E-state index is 12.5. The smallest absolute Gasteiger partial charge is 0.243 e. The van der Waals surface area contributed by atoms with Gasteiger partial charge < -0.3 is 5.11 Å². The van der Waals surface area contributed by atoms with Gasteiger partial charge in [0.2, 0.25) is 10.0 Å². The Bertz CT molecular complexity index is 605. The summed E-state index contributed by atoms with van der Waals surface area (Å²) in [6.45, 7) is 3.79. The van der Waals surface area contributed by atoms with E-state index in [9.17, 15) is 13.5 Å². The first-order valence-corrected chi connectivity index (χ1v) is 8.22. The molecular formula is C13H16BrNO3S. The highest BCUT2D eigenvalue weighted by molar-refractivity contribution is 9.11. The highest BCUT2D eigenvalue weighted by Crippen LogP contribution is 2.31. The predicted molar refractivity (Wildman–Crippen MR) is 77.6 cm³/mol. The van der Waals surface area contributed by atoms with E-state index in [0.29, 0.717) is 5.57 Å². The molecular weight excluding hydrogens is 330 g/mol. The van der Waals surface area contributed by atoms with E-state index in [0.717, 1.165) is 5.56 Å². The van der Waals surface area contributed by atoms with E-state index in [1.807, 2.05) is 6.92 Å². The van der Waals surface area contributed by atoms with Gasteiger partial charge in [-0.25, -0.2) is 8.42 Å². The molecule has 1 aromatic carbocycles. The number of aliphatic hydroxyl groups is 1. The summed E-state index contributed by atoms with van der Waals surface area (Å²) in [7, 11) is -3.56. The van der Waals surface area contributed by atoms with Crippen LogP contribution in [0.15, 0.2) is 39.7 Å². The average molecular weight is 346 g/mol. The predicted octanol–water partition coefficient (Wildman–Crippen LogP) is 2.03. The topological polar surface area (TPSA) is 57.6 Å². The molecule has 4 nitrogen and oxygen atoms in total. The molecule has 1 heterocycles. The highest BCUT2D eigenvalue weighted by Gasteiger charge is 2.42. The maximum Gasteiger partial charge on any atom is 0.243 e. The van der Waals surface area contributed by atoms with Crippen LogP contribution in [0.2, 0.25) is 0 Å². The first-order chi connectivity index (χ1) is 8.77. The molecule has 1 aliphatic heterocycles. The molecule has 0 aromatic heterocycles. The lowest BCUT2D eigenvalue weighted by atomic mass is 10.0. The van der Waals surface area contributed by atoms with Crippen LogP contribution in [0, 0.1) is 6.92 Å². The van der Waals surface area contributed by atoms with Crippen LogP contribution >= 0.6 is 15.9 Å². The Labute approximate surface area is 121 Å². The summed E-state index contributed by atoms with van der Waals surface area (Å²) in [4.78, 5) is 1.85. The molecule has 0 bridgehead atoms. The lowest BCUT2D eigenvalue weighted by molar-refractivity contribution is 0.109. The summed E-state index contributed by atoms with van der Waals surface area (Å²) >= 11 is 3.17. The van der Waals surface area contributed by atoms with E-state index in [4.69, 9.17) is 0 Å². The quantitative estimate of drug-likeness (QED) is 0.892. The number of hydrogen-bond donors (Lipinski definition) is 1. The summed E-state index contributed by atoms with van der Waals surface area (Å²) in [5, 5.41) is 10.2. The molecule has 6 heteroatoms. The highest BCUT2D eigenvalue weighted by atomic mass is 79.9. The van der Waals surface area contributed by atoms with Gasteiger partial charge in [-0.2, -0.15) is 4.31 Å². The van der Waals surface area contributed by atoms with Crippen LogP contribution < -0.4 is 0 Å². The molecule has 1 fully saturated rings. The van der Waals surface area contributed by atoms with Gasteiger partial charge in [-0.1, -0.05) is 33.6 Å². The van der Waals surface area contributed by atoms with Gasteiger partial charge in [-0.05, 0) is 36.5 Å². The van der Waals surface area contributed by atoms with Crippen LogP contribution in [0.1, 0.15) is 12.5 Å². The molecule has 1 atom stereocenters. The van der Waals surface area contributed by atoms with Gasteiger partial charge in [0.25, 0.3) is 0 Å². The van der Waals surface area contributed by atoms with E-state index in [-0.39, 0.29) is 18.0 Å². The molecule has 2 rings (SSSR count). The Kier molecular flexibility index (Phi) is 3.88. The zero-order valence-corrected chi connectivity index (χ0v) is 13.2. The third kappa shape index (κ3) is 2.76. The molecule has 104 valence electrons. The number of halogens is 1. The molecule has 0 aliphatic carbocycles.